The number of esters is 1. The van der Waals surface area contributed by atoms with E-state index in [2.05, 4.69) is 11.1 Å². The summed E-state index contributed by atoms with van der Waals surface area (Å²) in [5.41, 5.74) is 2.63. The summed E-state index contributed by atoms with van der Waals surface area (Å²) in [6.45, 7) is 0. The predicted molar refractivity (Wildman–Crippen MR) is 108 cm³/mol. The third-order valence-corrected chi connectivity index (χ3v) is 6.82. The Bertz CT molecular complexity index is 932. The van der Waals surface area contributed by atoms with E-state index < -0.39 is 12.1 Å². The molecule has 4 nitrogen and oxygen atoms in total. The number of hydrogen-bond acceptors (Lipinski definition) is 6. The number of para-hydroxylation sites is 1. The van der Waals surface area contributed by atoms with Crippen molar-refractivity contribution in [2.75, 3.05) is 0 Å². The maximum atomic E-state index is 12.3. The van der Waals surface area contributed by atoms with Gasteiger partial charge in [-0.15, -0.1) is 11.3 Å². The first-order valence-corrected chi connectivity index (χ1v) is 10.8. The number of aromatic nitrogens is 1. The maximum Gasteiger partial charge on any atom is 0.338 e. The number of rotatable bonds is 5. The lowest BCUT2D eigenvalue weighted by atomic mass is 9.96. The average molecular weight is 398 g/mol. The van der Waals surface area contributed by atoms with Crippen LogP contribution in [-0.2, 0) is 15.3 Å². The molecule has 0 bridgehead atoms. The number of nitrogens with zero attached hydrogens (tertiary/aromatic N) is 1. The molecule has 1 aliphatic rings. The summed E-state index contributed by atoms with van der Waals surface area (Å²) in [6.07, 6.45) is 2.42. The Morgan fingerprint density at radius 3 is 2.74 bits per heavy atom. The Labute approximate surface area is 166 Å². The van der Waals surface area contributed by atoms with E-state index in [1.807, 2.05) is 30.3 Å². The lowest BCUT2D eigenvalue weighted by Crippen LogP contribution is -2.30. The molecule has 0 amide bonds. The van der Waals surface area contributed by atoms with Crippen LogP contribution in [0.5, 0.6) is 0 Å². The van der Waals surface area contributed by atoms with Crippen LogP contribution in [0.2, 0.25) is 0 Å². The predicted octanol–water partition coefficient (Wildman–Crippen LogP) is 5.26. The van der Waals surface area contributed by atoms with Crippen LogP contribution in [0, 0.1) is 0 Å². The number of ether oxygens (including phenoxy) is 1. The standard InChI is InChI=1S/C21H19NO3S2/c23-17-6-2-3-7-18(17)25-20(24)15-11-9-14(10-12-15)13-26-21-22-16-5-1-4-8-19(16)27-21/h1,4-5,8-12,18H,2-3,6-7,13H2/t18-/m1/s1. The first-order valence-electron chi connectivity index (χ1n) is 9.00. The summed E-state index contributed by atoms with van der Waals surface area (Å²) in [6, 6.07) is 15.5. The van der Waals surface area contributed by atoms with Crippen molar-refractivity contribution in [1.82, 2.24) is 4.98 Å². The second kappa shape index (κ2) is 8.23. The van der Waals surface area contributed by atoms with Gasteiger partial charge in [0, 0.05) is 12.2 Å². The summed E-state index contributed by atoms with van der Waals surface area (Å²) in [7, 11) is 0. The Kier molecular flexibility index (Phi) is 5.55. The van der Waals surface area contributed by atoms with Gasteiger partial charge in [0.05, 0.1) is 15.8 Å². The molecule has 0 radical (unpaired) electrons. The van der Waals surface area contributed by atoms with Gasteiger partial charge in [0.15, 0.2) is 16.2 Å². The third kappa shape index (κ3) is 4.39. The molecule has 1 atom stereocenters. The van der Waals surface area contributed by atoms with Crippen molar-refractivity contribution in [3.05, 3.63) is 59.7 Å². The van der Waals surface area contributed by atoms with Crippen molar-refractivity contribution in [1.29, 1.82) is 0 Å². The van der Waals surface area contributed by atoms with Gasteiger partial charge < -0.3 is 4.74 Å². The molecular formula is C21H19NO3S2. The fourth-order valence-electron chi connectivity index (χ4n) is 3.07. The number of ketones is 1. The van der Waals surface area contributed by atoms with Gasteiger partial charge in [0.2, 0.25) is 0 Å². The van der Waals surface area contributed by atoms with Crippen molar-refractivity contribution in [3.63, 3.8) is 0 Å². The molecule has 6 heteroatoms. The Balaban J connectivity index is 1.35. The smallest absolute Gasteiger partial charge is 0.338 e. The van der Waals surface area contributed by atoms with Gasteiger partial charge in [-0.1, -0.05) is 36.0 Å². The lowest BCUT2D eigenvalue weighted by molar-refractivity contribution is -0.129. The molecule has 0 N–H and O–H groups in total. The fourth-order valence-corrected chi connectivity index (χ4v) is 5.09. The maximum absolute atomic E-state index is 12.3. The van der Waals surface area contributed by atoms with Crippen LogP contribution in [0.25, 0.3) is 10.2 Å². The number of benzene rings is 2. The quantitative estimate of drug-likeness (QED) is 0.434. The minimum Gasteiger partial charge on any atom is -0.451 e. The van der Waals surface area contributed by atoms with Crippen LogP contribution in [0.3, 0.4) is 0 Å². The summed E-state index contributed by atoms with van der Waals surface area (Å²) in [4.78, 5) is 28.7. The van der Waals surface area contributed by atoms with Gasteiger partial charge in [-0.05, 0) is 49.1 Å². The van der Waals surface area contributed by atoms with Crippen molar-refractivity contribution < 1.29 is 14.3 Å². The molecule has 0 aliphatic heterocycles. The molecule has 1 saturated carbocycles. The molecule has 1 aromatic heterocycles. The van der Waals surface area contributed by atoms with Crippen LogP contribution < -0.4 is 0 Å². The number of Topliss-reactive ketones (excluding diaryl/α,β-unsaturated/α-hetero) is 1. The van der Waals surface area contributed by atoms with Crippen molar-refractivity contribution in [3.8, 4) is 0 Å². The third-order valence-electron chi connectivity index (χ3n) is 4.57. The van der Waals surface area contributed by atoms with E-state index in [-0.39, 0.29) is 5.78 Å². The minimum atomic E-state index is -0.569. The number of fused-ring (bicyclic) bond motifs is 1. The van der Waals surface area contributed by atoms with E-state index in [1.54, 1.807) is 35.2 Å². The molecule has 0 spiro atoms. The van der Waals surface area contributed by atoms with E-state index in [1.165, 1.54) is 4.70 Å². The van der Waals surface area contributed by atoms with E-state index in [0.29, 0.717) is 18.4 Å². The first kappa shape index (κ1) is 18.2. The lowest BCUT2D eigenvalue weighted by Gasteiger charge is -2.20. The zero-order valence-corrected chi connectivity index (χ0v) is 16.4. The highest BCUT2D eigenvalue weighted by atomic mass is 32.2. The van der Waals surface area contributed by atoms with Crippen LogP contribution in [0.4, 0.5) is 0 Å². The zero-order valence-electron chi connectivity index (χ0n) is 14.7. The average Bonchev–Trinajstić information content (AvgIpc) is 3.11. The van der Waals surface area contributed by atoms with Gasteiger partial charge in [-0.3, -0.25) is 4.79 Å². The number of carbonyl (C=O) groups is 2. The van der Waals surface area contributed by atoms with Gasteiger partial charge in [-0.2, -0.15) is 0 Å². The van der Waals surface area contributed by atoms with Crippen LogP contribution >= 0.6 is 23.1 Å². The van der Waals surface area contributed by atoms with Gasteiger partial charge in [-0.25, -0.2) is 9.78 Å². The number of carbonyl (C=O) groups excluding carboxylic acids is 2. The van der Waals surface area contributed by atoms with Gasteiger partial charge in [0.1, 0.15) is 0 Å². The number of thiazole rings is 1. The largest absolute Gasteiger partial charge is 0.451 e. The number of hydrogen-bond donors (Lipinski definition) is 0. The number of thioether (sulfide) groups is 1. The van der Waals surface area contributed by atoms with Crippen LogP contribution in [-0.4, -0.2) is 22.8 Å². The molecule has 0 saturated heterocycles. The molecule has 1 aliphatic carbocycles. The second-order valence-corrected chi connectivity index (χ2v) is 8.79. The topological polar surface area (TPSA) is 56.3 Å². The van der Waals surface area contributed by atoms with Crippen LogP contribution in [0.1, 0.15) is 41.6 Å². The van der Waals surface area contributed by atoms with E-state index >= 15 is 0 Å². The molecule has 0 unspecified atom stereocenters. The minimum absolute atomic E-state index is 0.0402. The van der Waals surface area contributed by atoms with Crippen LogP contribution in [0.15, 0.2) is 52.9 Å². The highest BCUT2D eigenvalue weighted by Gasteiger charge is 2.26. The SMILES string of the molecule is O=C(O[C@@H]1CCCCC1=O)c1ccc(CSc2nc3ccccc3s2)cc1. The van der Waals surface area contributed by atoms with E-state index in [0.717, 1.165) is 34.0 Å². The molecular weight excluding hydrogens is 378 g/mol. The summed E-state index contributed by atoms with van der Waals surface area (Å²) in [5.74, 6) is 0.412. The summed E-state index contributed by atoms with van der Waals surface area (Å²) < 4.78 is 7.62. The van der Waals surface area contributed by atoms with E-state index in [4.69, 9.17) is 4.74 Å². The molecule has 138 valence electrons. The zero-order chi connectivity index (χ0) is 18.6. The van der Waals surface area contributed by atoms with E-state index in [9.17, 15) is 9.59 Å². The van der Waals surface area contributed by atoms with Gasteiger partial charge in [0.25, 0.3) is 0 Å². The molecule has 1 heterocycles. The first-order chi connectivity index (χ1) is 13.2. The molecule has 27 heavy (non-hydrogen) atoms. The molecule has 2 aromatic carbocycles. The Morgan fingerprint density at radius 2 is 1.96 bits per heavy atom. The summed E-state index contributed by atoms with van der Waals surface area (Å²) >= 11 is 3.38. The Hall–Kier alpha value is -2.18. The molecule has 4 rings (SSSR count). The highest BCUT2D eigenvalue weighted by Crippen LogP contribution is 2.31. The van der Waals surface area contributed by atoms with Crippen molar-refractivity contribution >= 4 is 45.1 Å². The Morgan fingerprint density at radius 1 is 1.15 bits per heavy atom. The highest BCUT2D eigenvalue weighted by molar-refractivity contribution is 8.00. The fraction of sp³-hybridized carbons (Fsp3) is 0.286. The summed E-state index contributed by atoms with van der Waals surface area (Å²) in [5, 5.41) is 0. The normalized spacial score (nSPS) is 17.2. The molecule has 3 aromatic rings. The van der Waals surface area contributed by atoms with Crippen molar-refractivity contribution in [2.24, 2.45) is 0 Å². The monoisotopic (exact) mass is 397 g/mol. The molecule has 1 fully saturated rings. The van der Waals surface area contributed by atoms with Gasteiger partial charge >= 0.3 is 5.97 Å². The van der Waals surface area contributed by atoms with Crippen molar-refractivity contribution in [2.45, 2.75) is 41.9 Å². The second-order valence-electron chi connectivity index (χ2n) is 6.54.